The van der Waals surface area contributed by atoms with Crippen molar-refractivity contribution in [2.45, 2.75) is 33.2 Å². The number of rotatable bonds is 9. The highest BCUT2D eigenvalue weighted by molar-refractivity contribution is 6.33. The molecule has 0 bridgehead atoms. The van der Waals surface area contributed by atoms with E-state index in [1.807, 2.05) is 36.4 Å². The van der Waals surface area contributed by atoms with Gasteiger partial charge >= 0.3 is 0 Å². The van der Waals surface area contributed by atoms with Crippen molar-refractivity contribution in [1.82, 2.24) is 14.9 Å². The number of carbonyl (C=O) groups is 1. The Hall–Kier alpha value is -3.31. The van der Waals surface area contributed by atoms with E-state index in [0.717, 1.165) is 46.6 Å². The number of halogens is 1. The summed E-state index contributed by atoms with van der Waals surface area (Å²) in [6, 6.07) is 21.4. The number of hydrogen-bond donors (Lipinski definition) is 1. The van der Waals surface area contributed by atoms with Crippen LogP contribution in [0.25, 0.3) is 11.0 Å². The van der Waals surface area contributed by atoms with Crippen LogP contribution in [0.4, 0.5) is 0 Å². The molecule has 170 valence electrons. The number of imidazole rings is 1. The van der Waals surface area contributed by atoms with E-state index in [-0.39, 0.29) is 5.91 Å². The molecule has 1 heterocycles. The second-order valence-corrected chi connectivity index (χ2v) is 8.48. The van der Waals surface area contributed by atoms with Crippen molar-refractivity contribution >= 4 is 28.5 Å². The van der Waals surface area contributed by atoms with Gasteiger partial charge in [-0.1, -0.05) is 54.1 Å². The molecule has 0 saturated carbocycles. The summed E-state index contributed by atoms with van der Waals surface area (Å²) >= 11 is 6.12. The number of aryl methyl sites for hydroxylation is 3. The number of para-hydroxylation sites is 3. The fraction of sp³-hybridized carbons (Fsp3) is 0.259. The van der Waals surface area contributed by atoms with Gasteiger partial charge in [0.2, 0.25) is 0 Å². The Morgan fingerprint density at radius 1 is 1.00 bits per heavy atom. The molecule has 5 nitrogen and oxygen atoms in total. The summed E-state index contributed by atoms with van der Waals surface area (Å²) < 4.78 is 8.37. The normalized spacial score (nSPS) is 11.0. The average Bonchev–Trinajstić information content (AvgIpc) is 3.16. The molecule has 1 aromatic heterocycles. The summed E-state index contributed by atoms with van der Waals surface area (Å²) in [5.41, 5.74) is 4.84. The van der Waals surface area contributed by atoms with Crippen molar-refractivity contribution < 1.29 is 9.53 Å². The lowest BCUT2D eigenvalue weighted by molar-refractivity contribution is 0.0953. The number of amides is 1. The standard InChI is InChI=1S/C27H28ClN3O2/c1-19-9-7-10-20(2)26(19)33-18-17-31-24-14-6-5-13-23(24)30-25(31)15-8-16-29-27(32)21-11-3-4-12-22(21)28/h3-7,9-14H,8,15-18H2,1-2H3,(H,29,32). The fourth-order valence-electron chi connectivity index (χ4n) is 4.02. The van der Waals surface area contributed by atoms with Crippen molar-refractivity contribution in [2.75, 3.05) is 13.2 Å². The predicted molar refractivity (Wildman–Crippen MR) is 133 cm³/mol. The molecule has 0 atom stereocenters. The van der Waals surface area contributed by atoms with Crippen LogP contribution in [-0.2, 0) is 13.0 Å². The number of carbonyl (C=O) groups excluding carboxylic acids is 1. The van der Waals surface area contributed by atoms with Gasteiger partial charge < -0.3 is 14.6 Å². The van der Waals surface area contributed by atoms with Crippen molar-refractivity contribution in [3.8, 4) is 5.75 Å². The molecule has 0 fully saturated rings. The van der Waals surface area contributed by atoms with Gasteiger partial charge in [-0.2, -0.15) is 0 Å². The van der Waals surface area contributed by atoms with Crippen LogP contribution in [0.3, 0.4) is 0 Å². The first-order valence-corrected chi connectivity index (χ1v) is 11.6. The summed E-state index contributed by atoms with van der Waals surface area (Å²) in [7, 11) is 0. The molecule has 1 amide bonds. The first-order valence-electron chi connectivity index (χ1n) is 11.2. The zero-order valence-corrected chi connectivity index (χ0v) is 19.7. The molecule has 0 aliphatic carbocycles. The van der Waals surface area contributed by atoms with Crippen molar-refractivity contribution in [3.63, 3.8) is 0 Å². The van der Waals surface area contributed by atoms with Crippen LogP contribution in [0.15, 0.2) is 66.7 Å². The molecule has 4 rings (SSSR count). The molecule has 0 spiro atoms. The van der Waals surface area contributed by atoms with Gasteiger partial charge in [-0.25, -0.2) is 4.98 Å². The van der Waals surface area contributed by atoms with Gasteiger partial charge in [0.1, 0.15) is 18.2 Å². The van der Waals surface area contributed by atoms with E-state index in [0.29, 0.717) is 30.3 Å². The maximum atomic E-state index is 12.4. The third-order valence-corrected chi connectivity index (χ3v) is 6.01. The quantitative estimate of drug-likeness (QED) is 0.323. The largest absolute Gasteiger partial charge is 0.491 e. The lowest BCUT2D eigenvalue weighted by atomic mass is 10.1. The lowest BCUT2D eigenvalue weighted by Gasteiger charge is -2.14. The molecule has 0 aliphatic heterocycles. The van der Waals surface area contributed by atoms with E-state index in [9.17, 15) is 4.79 Å². The topological polar surface area (TPSA) is 56.1 Å². The SMILES string of the molecule is Cc1cccc(C)c1OCCn1c(CCCNC(=O)c2ccccc2Cl)nc2ccccc21. The molecule has 1 N–H and O–H groups in total. The molecule has 6 heteroatoms. The molecule has 0 saturated heterocycles. The second kappa shape index (κ2) is 10.5. The molecule has 4 aromatic rings. The van der Waals surface area contributed by atoms with Crippen LogP contribution in [0.1, 0.15) is 33.7 Å². The van der Waals surface area contributed by atoms with Gasteiger partial charge in [-0.15, -0.1) is 0 Å². The number of aromatic nitrogens is 2. The highest BCUT2D eigenvalue weighted by Gasteiger charge is 2.12. The highest BCUT2D eigenvalue weighted by atomic mass is 35.5. The molecule has 0 aliphatic rings. The predicted octanol–water partition coefficient (Wildman–Crippen LogP) is 5.75. The Kier molecular flexibility index (Phi) is 7.30. The van der Waals surface area contributed by atoms with Gasteiger partial charge in [-0.05, 0) is 55.7 Å². The maximum Gasteiger partial charge on any atom is 0.252 e. The van der Waals surface area contributed by atoms with Crippen LogP contribution >= 0.6 is 11.6 Å². The molecule has 0 unspecified atom stereocenters. The fourth-order valence-corrected chi connectivity index (χ4v) is 4.24. The van der Waals surface area contributed by atoms with Gasteiger partial charge in [0.15, 0.2) is 0 Å². The minimum Gasteiger partial charge on any atom is -0.491 e. The molecular weight excluding hydrogens is 434 g/mol. The van der Waals surface area contributed by atoms with Crippen LogP contribution in [0.5, 0.6) is 5.75 Å². The van der Waals surface area contributed by atoms with Crippen LogP contribution < -0.4 is 10.1 Å². The lowest BCUT2D eigenvalue weighted by Crippen LogP contribution is -2.25. The number of hydrogen-bond acceptors (Lipinski definition) is 3. The zero-order chi connectivity index (χ0) is 23.2. The van der Waals surface area contributed by atoms with Crippen LogP contribution in [0.2, 0.25) is 5.02 Å². The van der Waals surface area contributed by atoms with Crippen molar-refractivity contribution in [3.05, 3.63) is 94.3 Å². The zero-order valence-electron chi connectivity index (χ0n) is 19.0. The summed E-state index contributed by atoms with van der Waals surface area (Å²) in [5, 5.41) is 3.41. The van der Waals surface area contributed by atoms with Crippen molar-refractivity contribution in [1.29, 1.82) is 0 Å². The van der Waals surface area contributed by atoms with Gasteiger partial charge in [0.05, 0.1) is 28.2 Å². The first kappa shape index (κ1) is 22.9. The Balaban J connectivity index is 1.40. The smallest absolute Gasteiger partial charge is 0.252 e. The summed E-state index contributed by atoms with van der Waals surface area (Å²) in [6.45, 7) is 5.94. The van der Waals surface area contributed by atoms with E-state index >= 15 is 0 Å². The average molecular weight is 462 g/mol. The third kappa shape index (κ3) is 5.37. The first-order chi connectivity index (χ1) is 16.0. The molecule has 0 radical (unpaired) electrons. The van der Waals surface area contributed by atoms with Gasteiger partial charge in [0, 0.05) is 13.0 Å². The highest BCUT2D eigenvalue weighted by Crippen LogP contribution is 2.23. The van der Waals surface area contributed by atoms with E-state index in [1.54, 1.807) is 12.1 Å². The van der Waals surface area contributed by atoms with Crippen LogP contribution in [-0.4, -0.2) is 28.6 Å². The minimum absolute atomic E-state index is 0.156. The monoisotopic (exact) mass is 461 g/mol. The van der Waals surface area contributed by atoms with Crippen molar-refractivity contribution in [2.24, 2.45) is 0 Å². The number of nitrogens with zero attached hydrogens (tertiary/aromatic N) is 2. The van der Waals surface area contributed by atoms with Crippen LogP contribution in [0, 0.1) is 13.8 Å². The summed E-state index contributed by atoms with van der Waals surface area (Å²) in [4.78, 5) is 17.2. The third-order valence-electron chi connectivity index (χ3n) is 5.68. The maximum absolute atomic E-state index is 12.4. The number of ether oxygens (including phenoxy) is 1. The Morgan fingerprint density at radius 2 is 1.73 bits per heavy atom. The minimum atomic E-state index is -0.156. The van der Waals surface area contributed by atoms with E-state index in [1.165, 1.54) is 0 Å². The van der Waals surface area contributed by atoms with Gasteiger partial charge in [-0.3, -0.25) is 4.79 Å². The van der Waals surface area contributed by atoms with E-state index < -0.39 is 0 Å². The number of nitrogens with one attached hydrogen (secondary N) is 1. The Morgan fingerprint density at radius 3 is 2.52 bits per heavy atom. The Labute approximate surface area is 199 Å². The molecule has 33 heavy (non-hydrogen) atoms. The number of fused-ring (bicyclic) bond motifs is 1. The summed E-state index contributed by atoms with van der Waals surface area (Å²) in [6.07, 6.45) is 1.53. The van der Waals surface area contributed by atoms with E-state index in [4.69, 9.17) is 21.3 Å². The molecule has 3 aromatic carbocycles. The van der Waals surface area contributed by atoms with E-state index in [2.05, 4.69) is 41.9 Å². The number of benzene rings is 3. The van der Waals surface area contributed by atoms with Gasteiger partial charge in [0.25, 0.3) is 5.91 Å². The molecular formula is C27H28ClN3O2. The summed E-state index contributed by atoms with van der Waals surface area (Å²) in [5.74, 6) is 1.79. The second-order valence-electron chi connectivity index (χ2n) is 8.08. The Bertz CT molecular complexity index is 1250.